The van der Waals surface area contributed by atoms with Gasteiger partial charge in [0, 0.05) is 30.3 Å². The predicted octanol–water partition coefficient (Wildman–Crippen LogP) is 2.13. The number of hydrogen-bond donors (Lipinski definition) is 1. The van der Waals surface area contributed by atoms with Gasteiger partial charge in [-0.1, -0.05) is 18.2 Å². The molecule has 3 rings (SSSR count). The lowest BCUT2D eigenvalue weighted by Crippen LogP contribution is -2.11. The Balaban J connectivity index is 2.12. The number of fused-ring (bicyclic) bond motifs is 1. The number of ether oxygens (including phenoxy) is 1. The number of methoxy groups -OCH3 is 1. The zero-order chi connectivity index (χ0) is 13.9. The number of aromatic nitrogens is 3. The van der Waals surface area contributed by atoms with Crippen LogP contribution >= 0.6 is 0 Å². The number of nitrogens with one attached hydrogen (secondary N) is 1. The second-order valence-electron chi connectivity index (χ2n) is 4.43. The summed E-state index contributed by atoms with van der Waals surface area (Å²) in [5.74, 6) is 0.503. The molecule has 1 N–H and O–H groups in total. The van der Waals surface area contributed by atoms with E-state index in [2.05, 4.69) is 15.0 Å². The zero-order valence-corrected chi connectivity index (χ0v) is 11.0. The minimum atomic E-state index is -0.199. The lowest BCUT2D eigenvalue weighted by molar-refractivity contribution is 0.177. The first-order chi connectivity index (χ1) is 9.76. The van der Waals surface area contributed by atoms with Gasteiger partial charge in [-0.25, -0.2) is 4.98 Å². The van der Waals surface area contributed by atoms with E-state index < -0.39 is 0 Å². The number of para-hydroxylation sites is 1. The maximum Gasteiger partial charge on any atom is 0.251 e. The summed E-state index contributed by atoms with van der Waals surface area (Å²) in [7, 11) is 1.56. The molecule has 5 nitrogen and oxygen atoms in total. The lowest BCUT2D eigenvalue weighted by atomic mass is 10.1. The molecule has 5 heteroatoms. The van der Waals surface area contributed by atoms with E-state index in [1.165, 1.54) is 6.07 Å². The molecule has 0 aliphatic rings. The summed E-state index contributed by atoms with van der Waals surface area (Å²) >= 11 is 0. The van der Waals surface area contributed by atoms with Gasteiger partial charge in [0.25, 0.3) is 5.56 Å². The molecule has 3 aromatic rings. The molecule has 100 valence electrons. The highest BCUT2D eigenvalue weighted by atomic mass is 16.5. The summed E-state index contributed by atoms with van der Waals surface area (Å²) in [4.78, 5) is 23.1. The van der Waals surface area contributed by atoms with E-state index >= 15 is 0 Å². The summed E-state index contributed by atoms with van der Waals surface area (Å²) in [5, 5.41) is 1.01. The van der Waals surface area contributed by atoms with Crippen LogP contribution in [0.1, 0.15) is 5.82 Å². The number of pyridine rings is 1. The van der Waals surface area contributed by atoms with E-state index in [1.807, 2.05) is 30.3 Å². The first-order valence-electron chi connectivity index (χ1n) is 6.20. The van der Waals surface area contributed by atoms with Crippen molar-refractivity contribution >= 4 is 10.9 Å². The van der Waals surface area contributed by atoms with Crippen molar-refractivity contribution in [2.24, 2.45) is 0 Å². The second-order valence-corrected chi connectivity index (χ2v) is 4.43. The molecule has 0 bridgehead atoms. The monoisotopic (exact) mass is 267 g/mol. The van der Waals surface area contributed by atoms with Crippen molar-refractivity contribution in [3.63, 3.8) is 0 Å². The maximum absolute atomic E-state index is 11.7. The largest absolute Gasteiger partial charge is 0.377 e. The van der Waals surface area contributed by atoms with Crippen LogP contribution < -0.4 is 5.56 Å². The minimum Gasteiger partial charge on any atom is -0.377 e. The number of benzene rings is 1. The van der Waals surface area contributed by atoms with Crippen LogP contribution in [0.25, 0.3) is 22.2 Å². The van der Waals surface area contributed by atoms with Gasteiger partial charge in [0.15, 0.2) is 0 Å². The minimum absolute atomic E-state index is 0.199. The quantitative estimate of drug-likeness (QED) is 0.789. The third-order valence-corrected chi connectivity index (χ3v) is 2.96. The van der Waals surface area contributed by atoms with Crippen molar-refractivity contribution in [1.29, 1.82) is 0 Å². The standard InChI is InChI=1S/C15H13N3O2/c1-20-9-14-17-13(7-15(19)18-14)11-6-10-4-2-3-5-12(10)16-8-11/h2-8H,9H2,1H3,(H,17,18,19). The van der Waals surface area contributed by atoms with Gasteiger partial charge in [0.05, 0.1) is 11.2 Å². The molecule has 0 atom stereocenters. The van der Waals surface area contributed by atoms with E-state index in [-0.39, 0.29) is 12.2 Å². The van der Waals surface area contributed by atoms with Crippen LogP contribution in [-0.4, -0.2) is 22.1 Å². The van der Waals surface area contributed by atoms with Crippen LogP contribution in [0.5, 0.6) is 0 Å². The second kappa shape index (κ2) is 5.22. The van der Waals surface area contributed by atoms with Gasteiger partial charge in [-0.05, 0) is 12.1 Å². The highest BCUT2D eigenvalue weighted by Gasteiger charge is 2.05. The smallest absolute Gasteiger partial charge is 0.251 e. The van der Waals surface area contributed by atoms with Gasteiger partial charge in [-0.15, -0.1) is 0 Å². The van der Waals surface area contributed by atoms with Crippen LogP contribution in [0.4, 0.5) is 0 Å². The van der Waals surface area contributed by atoms with E-state index in [1.54, 1.807) is 13.3 Å². The molecule has 0 saturated heterocycles. The van der Waals surface area contributed by atoms with Gasteiger partial charge in [0.1, 0.15) is 12.4 Å². The summed E-state index contributed by atoms with van der Waals surface area (Å²) in [6, 6.07) is 11.3. The average molecular weight is 267 g/mol. The van der Waals surface area contributed by atoms with Crippen molar-refractivity contribution in [2.75, 3.05) is 7.11 Å². The molecule has 0 aliphatic heterocycles. The Morgan fingerprint density at radius 1 is 1.25 bits per heavy atom. The Kier molecular flexibility index (Phi) is 3.26. The fraction of sp³-hybridized carbons (Fsp3) is 0.133. The molecular formula is C15H13N3O2. The molecule has 0 spiro atoms. The van der Waals surface area contributed by atoms with E-state index in [9.17, 15) is 4.79 Å². The van der Waals surface area contributed by atoms with Crippen molar-refractivity contribution in [1.82, 2.24) is 15.0 Å². The Morgan fingerprint density at radius 3 is 2.95 bits per heavy atom. The van der Waals surface area contributed by atoms with E-state index in [4.69, 9.17) is 4.74 Å². The molecule has 20 heavy (non-hydrogen) atoms. The number of hydrogen-bond acceptors (Lipinski definition) is 4. The number of H-pyrrole nitrogens is 1. The van der Waals surface area contributed by atoms with Crippen LogP contribution in [0.2, 0.25) is 0 Å². The highest BCUT2D eigenvalue weighted by molar-refractivity contribution is 5.82. The Morgan fingerprint density at radius 2 is 2.10 bits per heavy atom. The third-order valence-electron chi connectivity index (χ3n) is 2.96. The fourth-order valence-electron chi connectivity index (χ4n) is 2.07. The van der Waals surface area contributed by atoms with Crippen molar-refractivity contribution in [2.45, 2.75) is 6.61 Å². The summed E-state index contributed by atoms with van der Waals surface area (Å²) in [5.41, 5.74) is 2.12. The molecule has 0 saturated carbocycles. The normalized spacial score (nSPS) is 10.8. The molecule has 0 fully saturated rings. The summed E-state index contributed by atoms with van der Waals surface area (Å²) in [6.45, 7) is 0.268. The van der Waals surface area contributed by atoms with Crippen LogP contribution in [-0.2, 0) is 11.3 Å². The third kappa shape index (κ3) is 2.44. The SMILES string of the molecule is COCc1nc(-c2cnc3ccccc3c2)cc(=O)[nH]1. The zero-order valence-electron chi connectivity index (χ0n) is 11.0. The molecule has 0 radical (unpaired) electrons. The van der Waals surface area contributed by atoms with Gasteiger partial charge < -0.3 is 9.72 Å². The van der Waals surface area contributed by atoms with Crippen LogP contribution in [0.3, 0.4) is 0 Å². The highest BCUT2D eigenvalue weighted by Crippen LogP contribution is 2.20. The predicted molar refractivity (Wildman–Crippen MR) is 76.3 cm³/mol. The number of nitrogens with zero attached hydrogens (tertiary/aromatic N) is 2. The maximum atomic E-state index is 11.7. The summed E-state index contributed by atoms with van der Waals surface area (Å²) < 4.78 is 5.00. The molecule has 0 unspecified atom stereocenters. The van der Waals surface area contributed by atoms with Crippen LogP contribution in [0, 0.1) is 0 Å². The number of aromatic amines is 1. The van der Waals surface area contributed by atoms with Crippen molar-refractivity contribution in [3.8, 4) is 11.3 Å². The van der Waals surface area contributed by atoms with Crippen LogP contribution in [0.15, 0.2) is 47.4 Å². The lowest BCUT2D eigenvalue weighted by Gasteiger charge is -2.05. The van der Waals surface area contributed by atoms with Gasteiger partial charge in [-0.3, -0.25) is 9.78 Å². The topological polar surface area (TPSA) is 67.9 Å². The van der Waals surface area contributed by atoms with E-state index in [0.717, 1.165) is 16.5 Å². The van der Waals surface area contributed by atoms with E-state index in [0.29, 0.717) is 11.5 Å². The molecule has 0 aliphatic carbocycles. The fourth-order valence-corrected chi connectivity index (χ4v) is 2.07. The Bertz CT molecular complexity index is 811. The molecule has 2 aromatic heterocycles. The summed E-state index contributed by atoms with van der Waals surface area (Å²) in [6.07, 6.45) is 1.72. The molecule has 1 aromatic carbocycles. The number of rotatable bonds is 3. The molecule has 0 amide bonds. The first-order valence-corrected chi connectivity index (χ1v) is 6.20. The molecule has 2 heterocycles. The van der Waals surface area contributed by atoms with Gasteiger partial charge in [0.2, 0.25) is 0 Å². The molecular weight excluding hydrogens is 254 g/mol. The van der Waals surface area contributed by atoms with Gasteiger partial charge >= 0.3 is 0 Å². The first kappa shape index (κ1) is 12.5. The van der Waals surface area contributed by atoms with Crippen molar-refractivity contribution in [3.05, 3.63) is 58.8 Å². The van der Waals surface area contributed by atoms with Gasteiger partial charge in [-0.2, -0.15) is 0 Å². The average Bonchev–Trinajstić information content (AvgIpc) is 2.46. The van der Waals surface area contributed by atoms with Crippen molar-refractivity contribution < 1.29 is 4.74 Å². The Labute approximate surface area is 115 Å². The Hall–Kier alpha value is -2.53.